The maximum absolute atomic E-state index is 10.9. The van der Waals surface area contributed by atoms with Crippen LogP contribution in [0.25, 0.3) is 0 Å². The average molecular weight is 1500 g/mol. The lowest BCUT2D eigenvalue weighted by Gasteiger charge is -2.57. The van der Waals surface area contributed by atoms with Gasteiger partial charge in [-0.3, -0.25) is 0 Å². The monoisotopic (exact) mass is 1480 g/mol. The third-order valence-electron chi connectivity index (χ3n) is 2.86. The topological polar surface area (TPSA) is 26.3 Å². The van der Waals surface area contributed by atoms with Crippen LogP contribution in [0, 0.1) is 0 Å². The Balaban J connectivity index is 6.67. The van der Waals surface area contributed by atoms with Gasteiger partial charge in [0.25, 0.3) is 0 Å². The molecule has 0 aromatic heterocycles. The highest BCUT2D eigenvalue weighted by Crippen LogP contribution is 2.77. The van der Waals surface area contributed by atoms with Gasteiger partial charge in [-0.1, -0.05) is 239 Å². The molecule has 0 aromatic carbocycles. The number of carbonyl (C=O) groups excluding carboxylic acids is 1. The van der Waals surface area contributed by atoms with Gasteiger partial charge in [0.1, 0.15) is 16.2 Å². The number of alkyl halides is 17. The van der Waals surface area contributed by atoms with E-state index >= 15 is 0 Å². The summed E-state index contributed by atoms with van der Waals surface area (Å²) < 4.78 is -3.91. The van der Waals surface area contributed by atoms with E-state index < -0.39 is 25.0 Å². The molecule has 0 bridgehead atoms. The van der Waals surface area contributed by atoms with E-state index in [1.807, 2.05) is 0 Å². The van der Waals surface area contributed by atoms with Crippen molar-refractivity contribution in [3.05, 3.63) is 0 Å². The van der Waals surface area contributed by atoms with E-state index in [1.165, 1.54) is 6.47 Å². The van der Waals surface area contributed by atoms with Gasteiger partial charge in [0.15, 0.2) is 5.38 Å². The molecule has 0 aliphatic heterocycles. The lowest BCUT2D eigenvalue weighted by molar-refractivity contribution is 0.223. The zero-order chi connectivity index (χ0) is 23.4. The Bertz CT molecular complexity index is 588. The van der Waals surface area contributed by atoms with Crippen LogP contribution >= 0.6 is 271 Å². The van der Waals surface area contributed by atoms with Crippen molar-refractivity contribution in [3.8, 4) is 0 Å². The number of hydrogen-bond donors (Lipinski definition) is 0. The Morgan fingerprint density at radius 1 is 0.429 bits per heavy atom. The van der Waals surface area contributed by atoms with Gasteiger partial charge >= 0.3 is 6.47 Å². The average Bonchev–Trinajstić information content (AvgIpc) is 2.44. The van der Waals surface area contributed by atoms with Gasteiger partial charge in [-0.15, -0.1) is 0 Å². The molecule has 167 valence electrons. The van der Waals surface area contributed by atoms with Gasteiger partial charge in [0.05, 0.1) is 0 Å². The van der Waals surface area contributed by atoms with E-state index in [0.717, 1.165) is 0 Å². The molecule has 19 heteroatoms. The molecule has 0 rings (SSSR count). The normalized spacial score (nSPS) is 16.2. The van der Waals surface area contributed by atoms with Crippen LogP contribution in [0.2, 0.25) is 0 Å². The first-order valence-corrected chi connectivity index (χ1v) is 19.1. The number of halogens is 17. The minimum absolute atomic E-state index is 0.832. The lowest BCUT2D eigenvalue weighted by Crippen LogP contribution is -2.68. The first-order chi connectivity index (χ1) is 11.8. The van der Waals surface area contributed by atoms with Crippen molar-refractivity contribution in [3.63, 3.8) is 0 Å². The van der Waals surface area contributed by atoms with E-state index in [2.05, 4.69) is 271 Å². The van der Waals surface area contributed by atoms with Crippen molar-refractivity contribution in [2.24, 2.45) is 0 Å². The summed E-state index contributed by atoms with van der Waals surface area (Å²) >= 11 is 61.4. The quantitative estimate of drug-likeness (QED) is 0.226. The Morgan fingerprint density at radius 3 is 0.929 bits per heavy atom. The smallest absolute Gasteiger partial charge is 0.419 e. The van der Waals surface area contributed by atoms with E-state index in [0.29, 0.717) is 0 Å². The zero-order valence-electron chi connectivity index (χ0n) is 11.7. The molecule has 0 heterocycles. The third kappa shape index (κ3) is 6.43. The van der Waals surface area contributed by atoms with Gasteiger partial charge in [-0.05, 0) is 31.9 Å². The highest BCUT2D eigenvalue weighted by molar-refractivity contribution is 9.42. The van der Waals surface area contributed by atoms with Crippen LogP contribution < -0.4 is 0 Å². The predicted octanol–water partition coefficient (Wildman–Crippen LogP) is 12.3. The molecule has 0 N–H and O–H groups in total. The Hall–Kier alpha value is 7.63. The summed E-state index contributed by atoms with van der Waals surface area (Å²) in [6.45, 7) is 1.40. The van der Waals surface area contributed by atoms with Crippen LogP contribution in [0.3, 0.4) is 0 Å². The van der Waals surface area contributed by atoms with Crippen LogP contribution in [0.4, 0.5) is 0 Å². The molecule has 0 saturated heterocycles. The largest absolute Gasteiger partial charge is 0.426 e. The molecule has 0 unspecified atom stereocenters. The zero-order valence-corrected chi connectivity index (χ0v) is 38.7. The molecule has 0 aromatic rings. The van der Waals surface area contributed by atoms with E-state index in [4.69, 9.17) is 4.74 Å². The van der Waals surface area contributed by atoms with Crippen LogP contribution in [-0.4, -0.2) is 31.4 Å². The molecule has 0 saturated carbocycles. The predicted molar refractivity (Wildman–Crippen MR) is 180 cm³/mol. The molecular weight excluding hydrogens is 1500 g/mol. The molecule has 0 aliphatic rings. The maximum Gasteiger partial charge on any atom is 0.419 e. The summed E-state index contributed by atoms with van der Waals surface area (Å²) in [4.78, 5) is 10.9. The SMILES string of the molecule is O=[C]OC(Br)(Br)C(Br)(Br)C(Br)(Br)C(Br)(Br)C(Br)(Br)C(Br)(Br)C(Br)(Br)C(Br)(Br)Br. The highest BCUT2D eigenvalue weighted by atomic mass is 80.0. The van der Waals surface area contributed by atoms with E-state index in [9.17, 15) is 4.79 Å². The molecule has 0 aliphatic carbocycles. The molecule has 0 atom stereocenters. The minimum atomic E-state index is -1.45. The highest BCUT2D eigenvalue weighted by Gasteiger charge is 2.77. The second-order valence-electron chi connectivity index (χ2n) is 4.65. The minimum Gasteiger partial charge on any atom is -0.426 e. The molecule has 0 fully saturated rings. The third-order valence-corrected chi connectivity index (χ3v) is 36.3. The summed E-state index contributed by atoms with van der Waals surface area (Å²) in [7, 11) is 0. The van der Waals surface area contributed by atoms with E-state index in [-0.39, 0.29) is 0 Å². The summed E-state index contributed by atoms with van der Waals surface area (Å²) in [6, 6.07) is 0. The van der Waals surface area contributed by atoms with Crippen molar-refractivity contribution < 1.29 is 9.53 Å². The second kappa shape index (κ2) is 11.8. The van der Waals surface area contributed by atoms with E-state index in [1.54, 1.807) is 0 Å². The maximum atomic E-state index is 10.9. The molecule has 2 nitrogen and oxygen atoms in total. The fraction of sp³-hybridized carbons (Fsp3) is 0.889. The molecule has 0 amide bonds. The van der Waals surface area contributed by atoms with Crippen molar-refractivity contribution in [2.45, 2.75) is 25.0 Å². The Labute approximate surface area is 305 Å². The van der Waals surface area contributed by atoms with Gasteiger partial charge in [-0.2, -0.15) is 0 Å². The van der Waals surface area contributed by atoms with Gasteiger partial charge in [-0.25, -0.2) is 4.79 Å². The fourth-order valence-electron chi connectivity index (χ4n) is 1.27. The fourth-order valence-corrected chi connectivity index (χ4v) is 15.9. The first-order valence-electron chi connectivity index (χ1n) is 5.58. The van der Waals surface area contributed by atoms with Crippen LogP contribution in [-0.2, 0) is 9.53 Å². The van der Waals surface area contributed by atoms with Crippen molar-refractivity contribution in [2.75, 3.05) is 0 Å². The van der Waals surface area contributed by atoms with Crippen molar-refractivity contribution in [1.29, 1.82) is 0 Å². The van der Waals surface area contributed by atoms with Crippen molar-refractivity contribution in [1.82, 2.24) is 0 Å². The van der Waals surface area contributed by atoms with Gasteiger partial charge in [0.2, 0.25) is 3.42 Å². The summed E-state index contributed by atoms with van der Waals surface area (Å²) in [5.74, 6) is 0. The lowest BCUT2D eigenvalue weighted by atomic mass is 10.1. The second-order valence-corrected chi connectivity index (χ2v) is 35.4. The summed E-state index contributed by atoms with van der Waals surface area (Å²) in [5, 5.41) is 0. The summed E-state index contributed by atoms with van der Waals surface area (Å²) in [5.41, 5.74) is 0. The number of hydrogen-bond acceptors (Lipinski definition) is 2. The molecule has 0 spiro atoms. The van der Waals surface area contributed by atoms with Gasteiger partial charge in [0, 0.05) is 0 Å². The summed E-state index contributed by atoms with van der Waals surface area (Å²) in [6.07, 6.45) is 0. The number of rotatable bonds is 8. The van der Waals surface area contributed by atoms with Gasteiger partial charge < -0.3 is 4.74 Å². The van der Waals surface area contributed by atoms with Crippen LogP contribution in [0.5, 0.6) is 0 Å². The molecular formula is C9Br17O2. The number of ether oxygens (including phenoxy) is 1. The Kier molecular flexibility index (Phi) is 15.0. The van der Waals surface area contributed by atoms with Crippen molar-refractivity contribution >= 4 is 277 Å². The molecule has 1 radical (unpaired) electrons. The first kappa shape index (κ1) is 35.6. The van der Waals surface area contributed by atoms with Crippen LogP contribution in [0.15, 0.2) is 0 Å². The standard InChI is InChI=1S/C9Br17O2/c10-2(11,4(14,15)6(18,19)8(22,23)24)3(12,13)5(16,17)7(20,21)9(25,26)28-1-27. The Morgan fingerprint density at radius 2 is 0.679 bits per heavy atom. The molecule has 28 heavy (non-hydrogen) atoms. The van der Waals surface area contributed by atoms with Crippen LogP contribution in [0.1, 0.15) is 0 Å².